The Labute approximate surface area is 171 Å². The van der Waals surface area contributed by atoms with Gasteiger partial charge in [0.15, 0.2) is 6.61 Å². The van der Waals surface area contributed by atoms with Crippen LogP contribution in [0.3, 0.4) is 0 Å². The second kappa shape index (κ2) is 9.32. The summed E-state index contributed by atoms with van der Waals surface area (Å²) in [5, 5.41) is 2.69. The fourth-order valence-electron chi connectivity index (χ4n) is 2.54. The summed E-state index contributed by atoms with van der Waals surface area (Å²) in [6.07, 6.45) is 0.131. The average molecular weight is 471 g/mol. The van der Waals surface area contributed by atoms with Crippen LogP contribution in [-0.2, 0) is 20.7 Å². The van der Waals surface area contributed by atoms with E-state index in [-0.39, 0.29) is 18.9 Å². The first-order valence-electron chi connectivity index (χ1n) is 8.45. The first kappa shape index (κ1) is 19.1. The molecule has 0 fully saturated rings. The number of rotatable bonds is 6. The van der Waals surface area contributed by atoms with E-state index in [0.717, 1.165) is 20.3 Å². The van der Waals surface area contributed by atoms with Gasteiger partial charge < -0.3 is 10.1 Å². The summed E-state index contributed by atoms with van der Waals surface area (Å²) < 4.78 is 6.15. The van der Waals surface area contributed by atoms with Gasteiger partial charge in [0.05, 0.1) is 6.42 Å². The van der Waals surface area contributed by atoms with Crippen LogP contribution in [0.5, 0.6) is 0 Å². The van der Waals surface area contributed by atoms with Gasteiger partial charge in [-0.05, 0) is 63.5 Å². The van der Waals surface area contributed by atoms with Gasteiger partial charge >= 0.3 is 5.97 Å². The third-order valence-corrected chi connectivity index (χ3v) is 4.62. The smallest absolute Gasteiger partial charge is 0.310 e. The maximum Gasteiger partial charge on any atom is 0.310 e. The van der Waals surface area contributed by atoms with Crippen LogP contribution >= 0.6 is 22.6 Å². The summed E-state index contributed by atoms with van der Waals surface area (Å²) in [5.74, 6) is -0.788. The molecule has 0 aromatic heterocycles. The van der Waals surface area contributed by atoms with E-state index in [1.807, 2.05) is 66.7 Å². The number of hydrogen-bond donors (Lipinski definition) is 1. The van der Waals surface area contributed by atoms with Gasteiger partial charge in [-0.3, -0.25) is 9.59 Å². The van der Waals surface area contributed by atoms with Gasteiger partial charge in [-0.1, -0.05) is 54.6 Å². The number of benzene rings is 3. The average Bonchev–Trinajstić information content (AvgIpc) is 2.69. The highest BCUT2D eigenvalue weighted by Gasteiger charge is 2.09. The quantitative estimate of drug-likeness (QED) is 0.420. The first-order valence-corrected chi connectivity index (χ1v) is 9.53. The monoisotopic (exact) mass is 471 g/mol. The predicted molar refractivity (Wildman–Crippen MR) is 114 cm³/mol. The summed E-state index contributed by atoms with van der Waals surface area (Å²) in [6, 6.07) is 25.2. The van der Waals surface area contributed by atoms with Crippen molar-refractivity contribution in [3.8, 4) is 11.1 Å². The SMILES string of the molecule is O=C(COC(=O)Cc1ccc(-c2ccccc2)cc1)Nc1ccc(I)cc1. The lowest BCUT2D eigenvalue weighted by molar-refractivity contribution is -0.146. The van der Waals surface area contributed by atoms with E-state index >= 15 is 0 Å². The lowest BCUT2D eigenvalue weighted by atomic mass is 10.0. The molecule has 3 aromatic carbocycles. The van der Waals surface area contributed by atoms with Gasteiger partial charge in [-0.15, -0.1) is 0 Å². The molecule has 0 radical (unpaired) electrons. The molecular weight excluding hydrogens is 453 g/mol. The number of carbonyl (C=O) groups is 2. The minimum absolute atomic E-state index is 0.131. The van der Waals surface area contributed by atoms with Crippen LogP contribution in [0, 0.1) is 3.57 Å². The van der Waals surface area contributed by atoms with E-state index in [1.165, 1.54) is 0 Å². The van der Waals surface area contributed by atoms with Gasteiger partial charge in [-0.2, -0.15) is 0 Å². The van der Waals surface area contributed by atoms with Crippen molar-refractivity contribution < 1.29 is 14.3 Å². The highest BCUT2D eigenvalue weighted by molar-refractivity contribution is 14.1. The number of carbonyl (C=O) groups excluding carboxylic acids is 2. The molecule has 0 saturated carbocycles. The van der Waals surface area contributed by atoms with Gasteiger partial charge in [0, 0.05) is 9.26 Å². The maximum absolute atomic E-state index is 12.0. The number of hydrogen-bond acceptors (Lipinski definition) is 3. The molecule has 1 amide bonds. The molecule has 0 bridgehead atoms. The highest BCUT2D eigenvalue weighted by Crippen LogP contribution is 2.19. The molecule has 3 aromatic rings. The Bertz CT molecular complexity index is 907. The second-order valence-electron chi connectivity index (χ2n) is 5.96. The molecule has 0 heterocycles. The van der Waals surface area contributed by atoms with E-state index in [9.17, 15) is 9.59 Å². The lowest BCUT2D eigenvalue weighted by Crippen LogP contribution is -2.21. The molecule has 0 aliphatic carbocycles. The fourth-order valence-corrected chi connectivity index (χ4v) is 2.90. The summed E-state index contributed by atoms with van der Waals surface area (Å²) >= 11 is 2.19. The molecule has 0 unspecified atom stereocenters. The predicted octanol–water partition coefficient (Wildman–Crippen LogP) is 4.68. The minimum atomic E-state index is -0.430. The van der Waals surface area contributed by atoms with Crippen molar-refractivity contribution in [1.82, 2.24) is 0 Å². The van der Waals surface area contributed by atoms with Crippen LogP contribution in [0.2, 0.25) is 0 Å². The van der Waals surface area contributed by atoms with Crippen molar-refractivity contribution >= 4 is 40.2 Å². The largest absolute Gasteiger partial charge is 0.455 e. The second-order valence-corrected chi connectivity index (χ2v) is 7.20. The molecule has 0 aliphatic rings. The molecular formula is C22H18INO3. The molecule has 4 nitrogen and oxygen atoms in total. The van der Waals surface area contributed by atoms with Crippen molar-refractivity contribution in [3.05, 3.63) is 88.0 Å². The topological polar surface area (TPSA) is 55.4 Å². The molecule has 136 valence electrons. The van der Waals surface area contributed by atoms with Gasteiger partial charge in [0.1, 0.15) is 0 Å². The third-order valence-electron chi connectivity index (χ3n) is 3.90. The van der Waals surface area contributed by atoms with E-state index in [2.05, 4.69) is 27.9 Å². The van der Waals surface area contributed by atoms with E-state index < -0.39 is 5.97 Å². The number of ether oxygens (including phenoxy) is 1. The summed E-state index contributed by atoms with van der Waals surface area (Å²) in [5.41, 5.74) is 3.73. The molecule has 1 N–H and O–H groups in total. The number of amides is 1. The van der Waals surface area contributed by atoms with Crippen LogP contribution in [0.4, 0.5) is 5.69 Å². The number of anilines is 1. The van der Waals surface area contributed by atoms with Crippen molar-refractivity contribution in [3.63, 3.8) is 0 Å². The normalized spacial score (nSPS) is 10.3. The number of nitrogens with one attached hydrogen (secondary N) is 1. The Morgan fingerprint density at radius 3 is 2.11 bits per heavy atom. The van der Waals surface area contributed by atoms with E-state index in [0.29, 0.717) is 5.69 Å². The van der Waals surface area contributed by atoms with E-state index in [1.54, 1.807) is 12.1 Å². The maximum atomic E-state index is 12.0. The molecule has 3 rings (SSSR count). The zero-order valence-electron chi connectivity index (χ0n) is 14.5. The zero-order valence-corrected chi connectivity index (χ0v) is 16.7. The van der Waals surface area contributed by atoms with Crippen molar-refractivity contribution in [2.45, 2.75) is 6.42 Å². The molecule has 0 atom stereocenters. The van der Waals surface area contributed by atoms with Crippen molar-refractivity contribution in [2.24, 2.45) is 0 Å². The zero-order chi connectivity index (χ0) is 19.1. The Balaban J connectivity index is 1.47. The Hall–Kier alpha value is -2.67. The lowest BCUT2D eigenvalue weighted by Gasteiger charge is -2.07. The Kier molecular flexibility index (Phi) is 6.59. The highest BCUT2D eigenvalue weighted by atomic mass is 127. The summed E-state index contributed by atoms with van der Waals surface area (Å²) in [7, 11) is 0. The summed E-state index contributed by atoms with van der Waals surface area (Å²) in [6.45, 7) is -0.299. The third kappa shape index (κ3) is 5.92. The molecule has 27 heavy (non-hydrogen) atoms. The van der Waals surface area contributed by atoms with Crippen LogP contribution in [0.1, 0.15) is 5.56 Å². The molecule has 0 spiro atoms. The van der Waals surface area contributed by atoms with E-state index in [4.69, 9.17) is 4.74 Å². The van der Waals surface area contributed by atoms with Gasteiger partial charge in [0.25, 0.3) is 5.91 Å². The number of esters is 1. The van der Waals surface area contributed by atoms with Gasteiger partial charge in [-0.25, -0.2) is 0 Å². The Morgan fingerprint density at radius 1 is 0.815 bits per heavy atom. The number of halogens is 1. The standard InChI is InChI=1S/C22H18INO3/c23-19-10-12-20(13-11-19)24-21(25)15-27-22(26)14-16-6-8-18(9-7-16)17-4-2-1-3-5-17/h1-13H,14-15H2,(H,24,25). The van der Waals surface area contributed by atoms with Crippen LogP contribution in [0.15, 0.2) is 78.9 Å². The molecule has 0 saturated heterocycles. The minimum Gasteiger partial charge on any atom is -0.455 e. The fraction of sp³-hybridized carbons (Fsp3) is 0.0909. The first-order chi connectivity index (χ1) is 13.1. The molecule has 0 aliphatic heterocycles. The van der Waals surface area contributed by atoms with Gasteiger partial charge in [0.2, 0.25) is 0 Å². The summed E-state index contributed by atoms with van der Waals surface area (Å²) in [4.78, 5) is 23.8. The van der Waals surface area contributed by atoms with Crippen molar-refractivity contribution in [1.29, 1.82) is 0 Å². The van der Waals surface area contributed by atoms with Crippen LogP contribution in [0.25, 0.3) is 11.1 Å². The molecule has 5 heteroatoms. The Morgan fingerprint density at radius 2 is 1.44 bits per heavy atom. The van der Waals surface area contributed by atoms with Crippen LogP contribution < -0.4 is 5.32 Å². The van der Waals surface area contributed by atoms with Crippen molar-refractivity contribution in [2.75, 3.05) is 11.9 Å². The van der Waals surface area contributed by atoms with Crippen LogP contribution in [-0.4, -0.2) is 18.5 Å².